The lowest BCUT2D eigenvalue weighted by molar-refractivity contribution is -0.116. The minimum Gasteiger partial charge on any atom is -0.395 e. The molecule has 6 aliphatic rings. The fraction of sp³-hybridized carbons (Fsp3) is 0.828. The van der Waals surface area contributed by atoms with Gasteiger partial charge in [-0.3, -0.25) is 9.69 Å². The quantitative estimate of drug-likeness (QED) is 0.594. The Hall–Kier alpha value is -0.970. The SMILES string of the molecule is CC1=C2C[C@H]3[C@@H](CCC4=CC(=O)CC[C@@]43C)[C@@H]2CC[C@@]2(C1)O[C@@H]1CCCN(CCO)[C@H]1[C@H]2C. The molecule has 2 aliphatic heterocycles. The van der Waals surface area contributed by atoms with Crippen LogP contribution in [0, 0.1) is 29.1 Å². The molecule has 2 saturated carbocycles. The van der Waals surface area contributed by atoms with Gasteiger partial charge in [-0.05, 0) is 101 Å². The molecule has 0 bridgehead atoms. The molecule has 4 heteroatoms. The maximum Gasteiger partial charge on any atom is 0.155 e. The molecular weight excluding hydrogens is 410 g/mol. The number of hydrogen-bond donors (Lipinski definition) is 1. The topological polar surface area (TPSA) is 49.8 Å². The summed E-state index contributed by atoms with van der Waals surface area (Å²) < 4.78 is 7.05. The molecule has 33 heavy (non-hydrogen) atoms. The highest BCUT2D eigenvalue weighted by Gasteiger charge is 2.58. The maximum atomic E-state index is 12.1. The number of rotatable bonds is 2. The van der Waals surface area contributed by atoms with E-state index in [-0.39, 0.29) is 17.6 Å². The van der Waals surface area contributed by atoms with Crippen LogP contribution in [0.4, 0.5) is 0 Å². The molecule has 1 spiro atoms. The summed E-state index contributed by atoms with van der Waals surface area (Å²) in [5.41, 5.74) is 5.06. The molecule has 2 heterocycles. The van der Waals surface area contributed by atoms with Gasteiger partial charge in [0.2, 0.25) is 0 Å². The van der Waals surface area contributed by atoms with Crippen LogP contribution >= 0.6 is 0 Å². The Morgan fingerprint density at radius 2 is 2.06 bits per heavy atom. The van der Waals surface area contributed by atoms with Gasteiger partial charge in [-0.25, -0.2) is 0 Å². The Balaban J connectivity index is 1.29. The highest BCUT2D eigenvalue weighted by Crippen LogP contribution is 2.64. The van der Waals surface area contributed by atoms with Crippen molar-refractivity contribution in [1.29, 1.82) is 0 Å². The summed E-state index contributed by atoms with van der Waals surface area (Å²) in [6.07, 6.45) is 13.7. The van der Waals surface area contributed by atoms with Crippen molar-refractivity contribution < 1.29 is 14.6 Å². The predicted octanol–water partition coefficient (Wildman–Crippen LogP) is 5.06. The lowest BCUT2D eigenvalue weighted by Crippen LogP contribution is -2.50. The standard InChI is InChI=1S/C29H43NO3/c1-18-17-29(19(2)27-26(33-29)5-4-12-30(27)13-14-31)11-9-22-23-7-6-20-15-21(32)8-10-28(20,3)25(23)16-24(18)22/h15,19,22-23,25-27,31H,4-14,16-17H2,1-3H3/t19-,22+,23+,25+,26-,27+,28+,29+/m1/s1. The summed E-state index contributed by atoms with van der Waals surface area (Å²) >= 11 is 0. The van der Waals surface area contributed by atoms with E-state index >= 15 is 0 Å². The molecule has 0 amide bonds. The number of allylic oxidation sites excluding steroid dienone is 3. The van der Waals surface area contributed by atoms with Gasteiger partial charge in [-0.1, -0.05) is 30.6 Å². The van der Waals surface area contributed by atoms with Gasteiger partial charge in [0.15, 0.2) is 5.78 Å². The molecule has 4 aliphatic carbocycles. The Morgan fingerprint density at radius 3 is 2.88 bits per heavy atom. The van der Waals surface area contributed by atoms with Crippen molar-refractivity contribution in [3.63, 3.8) is 0 Å². The molecule has 0 unspecified atom stereocenters. The normalized spacial score (nSPS) is 47.6. The zero-order valence-corrected chi connectivity index (χ0v) is 20.9. The van der Waals surface area contributed by atoms with Gasteiger partial charge in [-0.2, -0.15) is 0 Å². The average molecular weight is 454 g/mol. The highest BCUT2D eigenvalue weighted by molar-refractivity contribution is 5.91. The molecular formula is C29H43NO3. The molecule has 6 rings (SSSR count). The van der Waals surface area contributed by atoms with Gasteiger partial charge < -0.3 is 9.84 Å². The van der Waals surface area contributed by atoms with Crippen LogP contribution in [0.3, 0.4) is 0 Å². The summed E-state index contributed by atoms with van der Waals surface area (Å²) in [7, 11) is 0. The van der Waals surface area contributed by atoms with E-state index in [1.807, 2.05) is 6.08 Å². The molecule has 182 valence electrons. The number of β-amino-alcohol motifs (C(OH)–C–C–N with tert-alkyl or cyclic N) is 1. The summed E-state index contributed by atoms with van der Waals surface area (Å²) in [5, 5.41) is 9.64. The van der Waals surface area contributed by atoms with Crippen LogP contribution in [-0.4, -0.2) is 53.2 Å². The van der Waals surface area contributed by atoms with E-state index in [1.165, 1.54) is 44.1 Å². The number of carbonyl (C=O) groups excluding carboxylic acids is 1. The molecule has 1 N–H and O–H groups in total. The number of carbonyl (C=O) groups is 1. The second kappa shape index (κ2) is 8.03. The molecule has 8 atom stereocenters. The molecule has 0 radical (unpaired) electrons. The van der Waals surface area contributed by atoms with Crippen molar-refractivity contribution in [2.75, 3.05) is 19.7 Å². The second-order valence-electron chi connectivity index (χ2n) is 12.6. The molecule has 4 fully saturated rings. The van der Waals surface area contributed by atoms with Gasteiger partial charge in [-0.15, -0.1) is 0 Å². The van der Waals surface area contributed by atoms with E-state index in [0.717, 1.165) is 56.5 Å². The maximum absolute atomic E-state index is 12.1. The first-order valence-electron chi connectivity index (χ1n) is 13.8. The molecule has 4 nitrogen and oxygen atoms in total. The fourth-order valence-electron chi connectivity index (χ4n) is 9.60. The van der Waals surface area contributed by atoms with E-state index in [4.69, 9.17) is 4.74 Å². The molecule has 0 aromatic rings. The minimum atomic E-state index is -0.0226. The largest absolute Gasteiger partial charge is 0.395 e. The van der Waals surface area contributed by atoms with Gasteiger partial charge in [0.25, 0.3) is 0 Å². The number of likely N-dealkylation sites (tertiary alicyclic amines) is 1. The van der Waals surface area contributed by atoms with E-state index in [1.54, 1.807) is 11.1 Å². The first-order valence-corrected chi connectivity index (χ1v) is 13.8. The lowest BCUT2D eigenvalue weighted by atomic mass is 9.56. The zero-order chi connectivity index (χ0) is 23.0. The van der Waals surface area contributed by atoms with Crippen LogP contribution in [0.2, 0.25) is 0 Å². The second-order valence-corrected chi connectivity index (χ2v) is 12.6. The number of hydrogen-bond acceptors (Lipinski definition) is 4. The molecule has 0 aromatic carbocycles. The number of ether oxygens (including phenoxy) is 1. The molecule has 2 saturated heterocycles. The highest BCUT2D eigenvalue weighted by atomic mass is 16.5. The van der Waals surface area contributed by atoms with Gasteiger partial charge >= 0.3 is 0 Å². The Labute approximate surface area is 199 Å². The van der Waals surface area contributed by atoms with Crippen molar-refractivity contribution in [3.05, 3.63) is 22.8 Å². The van der Waals surface area contributed by atoms with Crippen LogP contribution < -0.4 is 0 Å². The third-order valence-corrected chi connectivity index (χ3v) is 11.3. The third-order valence-electron chi connectivity index (χ3n) is 11.3. The monoisotopic (exact) mass is 453 g/mol. The summed E-state index contributed by atoms with van der Waals surface area (Å²) in [4.78, 5) is 14.7. The van der Waals surface area contributed by atoms with E-state index in [9.17, 15) is 9.90 Å². The van der Waals surface area contributed by atoms with E-state index in [2.05, 4.69) is 25.7 Å². The van der Waals surface area contributed by atoms with Gasteiger partial charge in [0.1, 0.15) is 0 Å². The lowest BCUT2D eigenvalue weighted by Gasteiger charge is -2.48. The van der Waals surface area contributed by atoms with Crippen molar-refractivity contribution >= 4 is 5.78 Å². The average Bonchev–Trinajstić information content (AvgIpc) is 3.26. The summed E-state index contributed by atoms with van der Waals surface area (Å²) in [6, 6.07) is 0.468. The molecule has 0 aromatic heterocycles. The Morgan fingerprint density at radius 1 is 1.21 bits per heavy atom. The first kappa shape index (κ1) is 22.5. The van der Waals surface area contributed by atoms with Crippen LogP contribution in [0.15, 0.2) is 22.8 Å². The zero-order valence-electron chi connectivity index (χ0n) is 20.9. The number of piperidine rings is 1. The number of fused-ring (bicyclic) bond motifs is 6. The number of aliphatic hydroxyl groups is 1. The summed E-state index contributed by atoms with van der Waals surface area (Å²) in [6.45, 7) is 9.48. The van der Waals surface area contributed by atoms with Crippen molar-refractivity contribution in [1.82, 2.24) is 4.90 Å². The Kier molecular flexibility index (Phi) is 5.47. The van der Waals surface area contributed by atoms with Crippen molar-refractivity contribution in [2.45, 2.75) is 103 Å². The smallest absolute Gasteiger partial charge is 0.155 e. The van der Waals surface area contributed by atoms with Gasteiger partial charge in [0, 0.05) is 24.9 Å². The summed E-state index contributed by atoms with van der Waals surface area (Å²) in [5.74, 6) is 3.10. The fourth-order valence-corrected chi connectivity index (χ4v) is 9.60. The third kappa shape index (κ3) is 3.30. The van der Waals surface area contributed by atoms with Crippen LogP contribution in [-0.2, 0) is 9.53 Å². The first-order chi connectivity index (χ1) is 15.9. The van der Waals surface area contributed by atoms with Crippen LogP contribution in [0.25, 0.3) is 0 Å². The van der Waals surface area contributed by atoms with E-state index in [0.29, 0.717) is 23.8 Å². The number of nitrogens with zero attached hydrogens (tertiary/aromatic N) is 1. The van der Waals surface area contributed by atoms with Crippen molar-refractivity contribution in [3.8, 4) is 0 Å². The van der Waals surface area contributed by atoms with Gasteiger partial charge in [0.05, 0.1) is 18.3 Å². The van der Waals surface area contributed by atoms with Crippen LogP contribution in [0.5, 0.6) is 0 Å². The Bertz CT molecular complexity index is 889. The number of ketones is 1. The van der Waals surface area contributed by atoms with E-state index < -0.39 is 0 Å². The predicted molar refractivity (Wildman–Crippen MR) is 130 cm³/mol. The van der Waals surface area contributed by atoms with Crippen LogP contribution in [0.1, 0.15) is 85.0 Å². The minimum absolute atomic E-state index is 0.0226. The number of aliphatic hydroxyl groups excluding tert-OH is 1. The van der Waals surface area contributed by atoms with Crippen molar-refractivity contribution in [2.24, 2.45) is 29.1 Å².